The zero-order valence-electron chi connectivity index (χ0n) is 38.0. The molecule has 0 aliphatic heterocycles. The zero-order valence-corrected chi connectivity index (χ0v) is 38.0. The molecule has 0 atom stereocenters. The predicted molar refractivity (Wildman–Crippen MR) is 258 cm³/mol. The summed E-state index contributed by atoms with van der Waals surface area (Å²) in [6.07, 6.45) is 0. The molecule has 0 N–H and O–H groups in total. The highest BCUT2D eigenvalue weighted by molar-refractivity contribution is 6.12. The lowest BCUT2D eigenvalue weighted by Gasteiger charge is -2.32. The van der Waals surface area contributed by atoms with Crippen molar-refractivity contribution in [2.45, 2.75) is 110 Å². The van der Waals surface area contributed by atoms with E-state index in [1.807, 2.05) is 0 Å². The van der Waals surface area contributed by atoms with E-state index in [0.29, 0.717) is 0 Å². The van der Waals surface area contributed by atoms with Crippen molar-refractivity contribution >= 4 is 39.0 Å². The van der Waals surface area contributed by atoms with Crippen LogP contribution in [0.5, 0.6) is 0 Å². The number of furan rings is 1. The van der Waals surface area contributed by atoms with E-state index in [1.165, 1.54) is 106 Å². The number of fused-ring (bicyclic) bond motifs is 13. The molecule has 0 radical (unpaired) electrons. The van der Waals surface area contributed by atoms with E-state index >= 15 is 0 Å². The van der Waals surface area contributed by atoms with Gasteiger partial charge < -0.3 is 9.32 Å². The molecule has 11 rings (SSSR count). The van der Waals surface area contributed by atoms with Crippen LogP contribution in [0.1, 0.15) is 128 Å². The van der Waals surface area contributed by atoms with Crippen LogP contribution in [0.4, 0.5) is 17.1 Å². The molecule has 3 aliphatic rings. The van der Waals surface area contributed by atoms with Crippen LogP contribution in [0, 0.1) is 0 Å². The lowest BCUT2D eigenvalue weighted by molar-refractivity contribution is 0.556. The van der Waals surface area contributed by atoms with Crippen molar-refractivity contribution < 1.29 is 4.42 Å². The van der Waals surface area contributed by atoms with Crippen molar-refractivity contribution in [3.63, 3.8) is 0 Å². The molecule has 7 aromatic carbocycles. The van der Waals surface area contributed by atoms with E-state index in [2.05, 4.69) is 215 Å². The first-order chi connectivity index (χ1) is 28.8. The third-order valence-electron chi connectivity index (χ3n) is 14.9. The molecule has 2 heteroatoms. The Balaban J connectivity index is 1.21. The van der Waals surface area contributed by atoms with Gasteiger partial charge in [0.25, 0.3) is 0 Å². The summed E-state index contributed by atoms with van der Waals surface area (Å²) >= 11 is 0. The molecule has 8 aromatic rings. The van der Waals surface area contributed by atoms with E-state index in [-0.39, 0.29) is 27.1 Å². The smallest absolute Gasteiger partial charge is 0.140 e. The highest BCUT2D eigenvalue weighted by Gasteiger charge is 2.44. The SMILES string of the molecule is CC(C)(C)c1cc(C(C)(C)C)c2oc3c4c(ccc3c2c1)-c1c(N(c2ccc3c(c2)C(C)(C)c2ccccc2-3)c2cccc3c2-c2ccccc2C3(C)C)cccc1C4(C)C. The normalized spacial score (nSPS) is 16.3. The minimum atomic E-state index is -0.316. The topological polar surface area (TPSA) is 16.4 Å². The summed E-state index contributed by atoms with van der Waals surface area (Å²) < 4.78 is 7.27. The van der Waals surface area contributed by atoms with Crippen LogP contribution in [0.2, 0.25) is 0 Å². The molecule has 0 fully saturated rings. The number of benzene rings is 7. The van der Waals surface area contributed by atoms with Crippen LogP contribution in [0.3, 0.4) is 0 Å². The van der Waals surface area contributed by atoms with Gasteiger partial charge in [-0.15, -0.1) is 0 Å². The summed E-state index contributed by atoms with van der Waals surface area (Å²) in [5, 5.41) is 2.41. The largest absolute Gasteiger partial charge is 0.455 e. The lowest BCUT2D eigenvalue weighted by Crippen LogP contribution is -2.18. The summed E-state index contributed by atoms with van der Waals surface area (Å²) in [6.45, 7) is 28.2. The molecule has 0 unspecified atom stereocenters. The summed E-state index contributed by atoms with van der Waals surface area (Å²) in [5.74, 6) is 0. The standard InChI is InChI=1S/C59H57NO/c1-55(2,3)34-31-41-38-29-30-40-51-45(59(11,12)52(40)54(38)61-53(41)47(32-34)56(4,5)6)24-18-26-49(51)60(35-27-28-37-36-19-13-15-21-42(36)58(9,10)46(37)33-35)48-25-17-23-44-50(48)39-20-14-16-22-43(39)57(44,7)8/h13-33H,1-12H3. The lowest BCUT2D eigenvalue weighted by atomic mass is 9.79. The van der Waals surface area contributed by atoms with Crippen molar-refractivity contribution in [2.75, 3.05) is 4.90 Å². The Morgan fingerprint density at radius 3 is 1.62 bits per heavy atom. The van der Waals surface area contributed by atoms with Crippen LogP contribution < -0.4 is 4.90 Å². The minimum absolute atomic E-state index is 0.00524. The Morgan fingerprint density at radius 1 is 0.426 bits per heavy atom. The van der Waals surface area contributed by atoms with Crippen LogP contribution in [0.25, 0.3) is 55.3 Å². The second-order valence-electron chi connectivity index (χ2n) is 21.8. The van der Waals surface area contributed by atoms with Gasteiger partial charge in [0.2, 0.25) is 0 Å². The van der Waals surface area contributed by atoms with Gasteiger partial charge in [-0.1, -0.05) is 174 Å². The minimum Gasteiger partial charge on any atom is -0.455 e. The second kappa shape index (κ2) is 12.2. The highest BCUT2D eigenvalue weighted by atomic mass is 16.3. The number of hydrogen-bond donors (Lipinski definition) is 0. The first-order valence-corrected chi connectivity index (χ1v) is 22.3. The van der Waals surface area contributed by atoms with Gasteiger partial charge in [0, 0.05) is 55.0 Å². The average molecular weight is 796 g/mol. The van der Waals surface area contributed by atoms with E-state index in [4.69, 9.17) is 4.42 Å². The van der Waals surface area contributed by atoms with Gasteiger partial charge in [0.15, 0.2) is 0 Å². The molecule has 0 saturated heterocycles. The van der Waals surface area contributed by atoms with Gasteiger partial charge in [0.05, 0.1) is 11.4 Å². The molecule has 1 aromatic heterocycles. The first-order valence-electron chi connectivity index (χ1n) is 22.3. The quantitative estimate of drug-likeness (QED) is 0.177. The Labute approximate surface area is 362 Å². The molecule has 2 nitrogen and oxygen atoms in total. The third-order valence-corrected chi connectivity index (χ3v) is 14.9. The number of rotatable bonds is 3. The fourth-order valence-corrected chi connectivity index (χ4v) is 11.6. The third kappa shape index (κ3) is 5.08. The molecule has 1 heterocycles. The van der Waals surface area contributed by atoms with Gasteiger partial charge in [-0.3, -0.25) is 0 Å². The van der Waals surface area contributed by atoms with E-state index in [9.17, 15) is 0 Å². The zero-order chi connectivity index (χ0) is 42.8. The van der Waals surface area contributed by atoms with Crippen molar-refractivity contribution in [2.24, 2.45) is 0 Å². The van der Waals surface area contributed by atoms with Crippen molar-refractivity contribution in [3.05, 3.63) is 172 Å². The highest BCUT2D eigenvalue weighted by Crippen LogP contribution is 2.60. The summed E-state index contributed by atoms with van der Waals surface area (Å²) in [5.41, 5.74) is 23.5. The van der Waals surface area contributed by atoms with Crippen molar-refractivity contribution in [3.8, 4) is 33.4 Å². The van der Waals surface area contributed by atoms with E-state index in [0.717, 1.165) is 11.2 Å². The Morgan fingerprint density at radius 2 is 0.967 bits per heavy atom. The number of hydrogen-bond acceptors (Lipinski definition) is 2. The van der Waals surface area contributed by atoms with E-state index in [1.54, 1.807) is 0 Å². The fraction of sp³-hybridized carbons (Fsp3) is 0.288. The van der Waals surface area contributed by atoms with Gasteiger partial charge >= 0.3 is 0 Å². The monoisotopic (exact) mass is 795 g/mol. The van der Waals surface area contributed by atoms with Crippen LogP contribution in [-0.4, -0.2) is 0 Å². The molecular weight excluding hydrogens is 739 g/mol. The van der Waals surface area contributed by atoms with Gasteiger partial charge in [0.1, 0.15) is 11.2 Å². The Kier molecular flexibility index (Phi) is 7.59. The van der Waals surface area contributed by atoms with Gasteiger partial charge in [-0.25, -0.2) is 0 Å². The molecule has 304 valence electrons. The van der Waals surface area contributed by atoms with Crippen molar-refractivity contribution in [1.82, 2.24) is 0 Å². The van der Waals surface area contributed by atoms with Gasteiger partial charge in [-0.05, 0) is 103 Å². The molecule has 0 bridgehead atoms. The summed E-state index contributed by atoms with van der Waals surface area (Å²) in [7, 11) is 0. The molecule has 3 aliphatic carbocycles. The van der Waals surface area contributed by atoms with Crippen LogP contribution >= 0.6 is 0 Å². The maximum atomic E-state index is 7.27. The first kappa shape index (κ1) is 38.1. The Bertz CT molecular complexity index is 3190. The summed E-state index contributed by atoms with van der Waals surface area (Å²) in [4.78, 5) is 2.59. The molecule has 0 amide bonds. The fourth-order valence-electron chi connectivity index (χ4n) is 11.6. The maximum absolute atomic E-state index is 7.27. The predicted octanol–water partition coefficient (Wildman–Crippen LogP) is 16.6. The Hall–Kier alpha value is -5.86. The van der Waals surface area contributed by atoms with Crippen LogP contribution in [0.15, 0.2) is 132 Å². The molecule has 61 heavy (non-hydrogen) atoms. The number of nitrogens with zero attached hydrogens (tertiary/aromatic N) is 1. The molecule has 0 saturated carbocycles. The maximum Gasteiger partial charge on any atom is 0.140 e. The second-order valence-corrected chi connectivity index (χ2v) is 21.8. The van der Waals surface area contributed by atoms with Gasteiger partial charge in [-0.2, -0.15) is 0 Å². The van der Waals surface area contributed by atoms with E-state index < -0.39 is 0 Å². The molecular formula is C59H57NO. The van der Waals surface area contributed by atoms with Crippen LogP contribution in [-0.2, 0) is 27.1 Å². The number of anilines is 3. The summed E-state index contributed by atoms with van der Waals surface area (Å²) in [6, 6.07) is 48.8. The average Bonchev–Trinajstić information content (AvgIpc) is 3.86. The van der Waals surface area contributed by atoms with Crippen molar-refractivity contribution in [1.29, 1.82) is 0 Å². The molecule has 0 spiro atoms.